The van der Waals surface area contributed by atoms with Crippen LogP contribution in [0.1, 0.15) is 5.56 Å². The number of benzene rings is 2. The molecule has 0 bridgehead atoms. The maximum atomic E-state index is 12.4. The van der Waals surface area contributed by atoms with Gasteiger partial charge in [-0.2, -0.15) is 5.10 Å². The number of hydrogen-bond acceptors (Lipinski definition) is 8. The van der Waals surface area contributed by atoms with Gasteiger partial charge in [-0.15, -0.1) is 10.2 Å². The van der Waals surface area contributed by atoms with Gasteiger partial charge in [0.1, 0.15) is 0 Å². The fraction of sp³-hybridized carbons (Fsp3) is 0.0870. The van der Waals surface area contributed by atoms with Crippen molar-refractivity contribution >= 4 is 55.7 Å². The van der Waals surface area contributed by atoms with Gasteiger partial charge in [0, 0.05) is 28.1 Å². The molecule has 0 aliphatic rings. The molecule has 4 rings (SSSR count). The van der Waals surface area contributed by atoms with E-state index in [1.54, 1.807) is 24.5 Å². The molecule has 2 N–H and O–H groups in total. The van der Waals surface area contributed by atoms with E-state index < -0.39 is 0 Å². The Morgan fingerprint density at radius 2 is 1.91 bits per heavy atom. The van der Waals surface area contributed by atoms with E-state index in [1.807, 2.05) is 41.0 Å². The summed E-state index contributed by atoms with van der Waals surface area (Å²) >= 11 is 7.95. The number of hydrazone groups is 1. The van der Waals surface area contributed by atoms with Crippen LogP contribution in [0.4, 0.5) is 0 Å². The molecule has 4 aromatic rings. The summed E-state index contributed by atoms with van der Waals surface area (Å²) in [6, 6.07) is 14.7. The minimum absolute atomic E-state index is 0.00824. The average molecular weight is 618 g/mol. The second-order valence-corrected chi connectivity index (χ2v) is 9.70. The zero-order valence-electron chi connectivity index (χ0n) is 18.2. The van der Waals surface area contributed by atoms with Crippen LogP contribution in [0.3, 0.4) is 0 Å². The van der Waals surface area contributed by atoms with Crippen LogP contribution in [0, 0.1) is 0 Å². The molecule has 2 aromatic carbocycles. The van der Waals surface area contributed by atoms with Gasteiger partial charge in [-0.25, -0.2) is 5.43 Å². The Morgan fingerprint density at radius 3 is 2.63 bits per heavy atom. The van der Waals surface area contributed by atoms with Crippen molar-refractivity contribution in [3.05, 3.63) is 75.4 Å². The third-order valence-corrected chi connectivity index (χ3v) is 6.72. The fourth-order valence-electron chi connectivity index (χ4n) is 3.04. The number of amides is 1. The van der Waals surface area contributed by atoms with E-state index in [-0.39, 0.29) is 17.4 Å². The van der Waals surface area contributed by atoms with Crippen LogP contribution >= 0.6 is 43.6 Å². The molecule has 0 saturated carbocycles. The minimum atomic E-state index is -0.313. The first-order chi connectivity index (χ1) is 17.0. The molecular weight excluding hydrogens is 600 g/mol. The first-order valence-corrected chi connectivity index (χ1v) is 12.7. The lowest BCUT2D eigenvalue weighted by atomic mass is 10.2. The topological polar surface area (TPSA) is 115 Å². The summed E-state index contributed by atoms with van der Waals surface area (Å²) in [6.07, 6.45) is 4.84. The normalized spacial score (nSPS) is 11.1. The molecule has 0 saturated heterocycles. The van der Waals surface area contributed by atoms with Gasteiger partial charge >= 0.3 is 0 Å². The second-order valence-electron chi connectivity index (χ2n) is 6.99. The lowest BCUT2D eigenvalue weighted by Crippen LogP contribution is -2.20. The largest absolute Gasteiger partial charge is 0.503 e. The van der Waals surface area contributed by atoms with E-state index in [1.165, 1.54) is 25.1 Å². The number of nitrogens with one attached hydrogen (secondary N) is 1. The van der Waals surface area contributed by atoms with E-state index in [0.717, 1.165) is 15.7 Å². The first kappa shape index (κ1) is 24.9. The lowest BCUT2D eigenvalue weighted by molar-refractivity contribution is -0.118. The maximum Gasteiger partial charge on any atom is 0.250 e. The Bertz CT molecular complexity index is 1360. The van der Waals surface area contributed by atoms with Crippen LogP contribution in [0.15, 0.2) is 80.1 Å². The number of halogens is 2. The van der Waals surface area contributed by atoms with Crippen molar-refractivity contribution in [2.75, 3.05) is 12.9 Å². The maximum absolute atomic E-state index is 12.4. The summed E-state index contributed by atoms with van der Waals surface area (Å²) < 4.78 is 8.41. The summed E-state index contributed by atoms with van der Waals surface area (Å²) in [5.41, 5.74) is 4.85. The van der Waals surface area contributed by atoms with Crippen molar-refractivity contribution in [2.24, 2.45) is 5.10 Å². The quantitative estimate of drug-likeness (QED) is 0.166. The standard InChI is InChI=1S/C23H18Br2N6O3S/c1-34-19-11-14(10-18(25)21(19)33)12-27-28-20(32)13-35-23-30-29-22(15-6-8-26-9-7-15)31(23)17-4-2-16(24)3-5-17/h2-12,33H,13H2,1H3,(H,28,32)/b27-12-. The number of aromatic hydroxyl groups is 1. The van der Waals surface area contributed by atoms with Crippen molar-refractivity contribution in [2.45, 2.75) is 5.16 Å². The number of ether oxygens (including phenoxy) is 1. The summed E-state index contributed by atoms with van der Waals surface area (Å²) in [5, 5.41) is 23.1. The number of phenols is 1. The zero-order valence-corrected chi connectivity index (χ0v) is 22.2. The molecule has 12 heteroatoms. The predicted octanol–water partition coefficient (Wildman–Crippen LogP) is 4.81. The molecule has 0 atom stereocenters. The number of aromatic nitrogens is 4. The number of phenolic OH excluding ortho intramolecular Hbond substituents is 1. The third kappa shape index (κ3) is 6.08. The number of carbonyl (C=O) groups is 1. The van der Waals surface area contributed by atoms with Crippen LogP contribution in [0.2, 0.25) is 0 Å². The van der Waals surface area contributed by atoms with Gasteiger partial charge < -0.3 is 9.84 Å². The molecule has 0 radical (unpaired) electrons. The van der Waals surface area contributed by atoms with Crippen LogP contribution in [-0.2, 0) is 4.79 Å². The summed E-state index contributed by atoms with van der Waals surface area (Å²) in [5.74, 6) is 0.686. The number of thioether (sulfide) groups is 1. The third-order valence-electron chi connectivity index (χ3n) is 4.66. The Balaban J connectivity index is 1.48. The molecule has 178 valence electrons. The van der Waals surface area contributed by atoms with E-state index in [2.05, 4.69) is 57.6 Å². The van der Waals surface area contributed by atoms with Crippen molar-refractivity contribution in [3.63, 3.8) is 0 Å². The summed E-state index contributed by atoms with van der Waals surface area (Å²) in [7, 11) is 1.45. The van der Waals surface area contributed by atoms with E-state index in [0.29, 0.717) is 26.8 Å². The lowest BCUT2D eigenvalue weighted by Gasteiger charge is -2.10. The Kier molecular flexibility index (Phi) is 8.16. The van der Waals surface area contributed by atoms with Gasteiger partial charge in [0.05, 0.1) is 23.5 Å². The van der Waals surface area contributed by atoms with Crippen LogP contribution in [-0.4, -0.2) is 49.8 Å². The number of rotatable bonds is 8. The average Bonchev–Trinajstić information content (AvgIpc) is 3.29. The number of carbonyl (C=O) groups excluding carboxylic acids is 1. The van der Waals surface area contributed by atoms with Crippen molar-refractivity contribution in [3.8, 4) is 28.6 Å². The number of methoxy groups -OCH3 is 1. The Morgan fingerprint density at radius 1 is 1.17 bits per heavy atom. The fourth-order valence-corrected chi connectivity index (χ4v) is 4.51. The molecule has 0 spiro atoms. The smallest absolute Gasteiger partial charge is 0.250 e. The molecule has 2 aromatic heterocycles. The van der Waals surface area contributed by atoms with Crippen LogP contribution in [0.5, 0.6) is 11.5 Å². The minimum Gasteiger partial charge on any atom is -0.503 e. The van der Waals surface area contributed by atoms with Gasteiger partial charge in [0.25, 0.3) is 5.91 Å². The Labute approximate surface area is 221 Å². The highest BCUT2D eigenvalue weighted by atomic mass is 79.9. The van der Waals surface area contributed by atoms with E-state index in [9.17, 15) is 9.90 Å². The van der Waals surface area contributed by atoms with Gasteiger partial charge in [-0.3, -0.25) is 14.3 Å². The summed E-state index contributed by atoms with van der Waals surface area (Å²) in [6.45, 7) is 0. The molecule has 9 nitrogen and oxygen atoms in total. The number of pyridine rings is 1. The number of nitrogens with zero attached hydrogens (tertiary/aromatic N) is 5. The molecular formula is C23H18Br2N6O3S. The van der Waals surface area contributed by atoms with Crippen molar-refractivity contribution in [1.29, 1.82) is 0 Å². The highest BCUT2D eigenvalue weighted by molar-refractivity contribution is 9.10. The van der Waals surface area contributed by atoms with E-state index >= 15 is 0 Å². The monoisotopic (exact) mass is 616 g/mol. The van der Waals surface area contributed by atoms with Gasteiger partial charge in [-0.05, 0) is 70.0 Å². The Hall–Kier alpha value is -3.22. The molecule has 1 amide bonds. The summed E-state index contributed by atoms with van der Waals surface area (Å²) in [4.78, 5) is 16.5. The molecule has 0 fully saturated rings. The predicted molar refractivity (Wildman–Crippen MR) is 141 cm³/mol. The van der Waals surface area contributed by atoms with Crippen LogP contribution in [0.25, 0.3) is 17.1 Å². The van der Waals surface area contributed by atoms with Crippen molar-refractivity contribution < 1.29 is 14.6 Å². The van der Waals surface area contributed by atoms with Gasteiger partial charge in [0.2, 0.25) is 0 Å². The molecule has 2 heterocycles. The zero-order chi connectivity index (χ0) is 24.8. The van der Waals surface area contributed by atoms with Crippen molar-refractivity contribution in [1.82, 2.24) is 25.2 Å². The molecule has 0 aliphatic carbocycles. The molecule has 0 unspecified atom stereocenters. The molecule has 35 heavy (non-hydrogen) atoms. The number of hydrogen-bond donors (Lipinski definition) is 2. The molecule has 0 aliphatic heterocycles. The second kappa shape index (κ2) is 11.5. The SMILES string of the molecule is COc1cc(/C=N\NC(=O)CSc2nnc(-c3ccncc3)n2-c2ccc(Br)cc2)cc(Br)c1O. The van der Waals surface area contributed by atoms with E-state index in [4.69, 9.17) is 4.74 Å². The highest BCUT2D eigenvalue weighted by Gasteiger charge is 2.17. The van der Waals surface area contributed by atoms with Gasteiger partial charge in [0.15, 0.2) is 22.5 Å². The van der Waals surface area contributed by atoms with Gasteiger partial charge in [-0.1, -0.05) is 27.7 Å². The first-order valence-electron chi connectivity index (χ1n) is 10.1. The highest BCUT2D eigenvalue weighted by Crippen LogP contribution is 2.34. The van der Waals surface area contributed by atoms with Crippen LogP contribution < -0.4 is 10.2 Å².